The molecule has 4 rings (SSSR count). The Labute approximate surface area is 302 Å². The summed E-state index contributed by atoms with van der Waals surface area (Å²) >= 11 is 0. The minimum Gasteiger partial charge on any atom is -0.457 e. The number of amides is 2. The number of aliphatic hydroxyl groups excluding tert-OH is 3. The van der Waals surface area contributed by atoms with E-state index in [1.54, 1.807) is 36.1 Å². The Morgan fingerprint density at radius 1 is 0.980 bits per heavy atom. The molecule has 13 heteroatoms. The molecule has 0 bridgehead atoms. The lowest BCUT2D eigenvalue weighted by atomic mass is 9.89. The number of piperazine rings is 1. The molecular formula is C38H61N3O10. The second kappa shape index (κ2) is 19.2. The first kappa shape index (κ1) is 40.8. The summed E-state index contributed by atoms with van der Waals surface area (Å²) in [6.45, 7) is 10.0. The van der Waals surface area contributed by atoms with Crippen molar-refractivity contribution < 1.29 is 49.0 Å². The van der Waals surface area contributed by atoms with Gasteiger partial charge in [0.1, 0.15) is 11.7 Å². The van der Waals surface area contributed by atoms with Gasteiger partial charge in [-0.15, -0.1) is 0 Å². The molecule has 8 atom stereocenters. The van der Waals surface area contributed by atoms with Gasteiger partial charge in [0.15, 0.2) is 6.10 Å². The molecule has 13 nitrogen and oxygen atoms in total. The van der Waals surface area contributed by atoms with E-state index in [0.29, 0.717) is 19.1 Å². The fraction of sp³-hybridized carbons (Fsp3) is 0.763. The van der Waals surface area contributed by atoms with Crippen molar-refractivity contribution in [3.8, 4) is 0 Å². The smallest absolute Gasteiger partial charge is 0.410 e. The van der Waals surface area contributed by atoms with Crippen LogP contribution in [0.2, 0.25) is 0 Å². The first-order chi connectivity index (χ1) is 24.2. The van der Waals surface area contributed by atoms with Gasteiger partial charge in [-0.2, -0.15) is 0 Å². The highest BCUT2D eigenvalue weighted by Gasteiger charge is 2.37. The number of carbonyl (C=O) groups excluding carboxylic acids is 3. The second-order valence-corrected chi connectivity index (χ2v) is 15.3. The lowest BCUT2D eigenvalue weighted by Gasteiger charge is -2.40. The third kappa shape index (κ3) is 12.3. The van der Waals surface area contributed by atoms with E-state index >= 15 is 0 Å². The van der Waals surface area contributed by atoms with E-state index in [-0.39, 0.29) is 50.8 Å². The van der Waals surface area contributed by atoms with Crippen LogP contribution in [0.1, 0.15) is 85.5 Å². The van der Waals surface area contributed by atoms with Crippen molar-refractivity contribution in [2.45, 2.75) is 128 Å². The standard InChI is InChI=1S/C38H61N3O10/c1-26(25-49-36(46)41-23-31(43)32(44)24-41)10-9-11-27(2)35-28(3)14-15-33(38(4,48)17-16-30(42)22-34(45)51-35)50-37(47)40-20-18-39(19-21-40)29-12-7-5-6-8-13-29/h9-11,14-15,26,28-33,35,42-44,48H,5-8,12-13,16-25H2,1-4H3/b10-9+,15-14+,27-11+/t26-,28+,30+,31-,32+,33-,35-,38+/m1/s1. The van der Waals surface area contributed by atoms with Crippen LogP contribution in [0.4, 0.5) is 9.59 Å². The molecule has 0 aromatic rings. The zero-order valence-electron chi connectivity index (χ0n) is 30.9. The third-order valence-corrected chi connectivity index (χ3v) is 10.7. The van der Waals surface area contributed by atoms with Crippen LogP contribution in [0.15, 0.2) is 36.0 Å². The molecule has 3 aliphatic heterocycles. The molecule has 4 aliphatic rings. The third-order valence-electron chi connectivity index (χ3n) is 10.7. The van der Waals surface area contributed by atoms with E-state index < -0.39 is 54.3 Å². The number of β-amino-alcohol motifs (C(OH)–C–C–N with tert-alkyl or cyclic N) is 2. The topological polar surface area (TPSA) is 170 Å². The van der Waals surface area contributed by atoms with Crippen molar-refractivity contribution in [1.29, 1.82) is 0 Å². The molecule has 0 aromatic heterocycles. The van der Waals surface area contributed by atoms with E-state index in [4.69, 9.17) is 14.2 Å². The number of esters is 1. The first-order valence-corrected chi connectivity index (χ1v) is 18.8. The van der Waals surface area contributed by atoms with Crippen molar-refractivity contribution in [1.82, 2.24) is 14.7 Å². The molecule has 0 aromatic carbocycles. The van der Waals surface area contributed by atoms with Crippen molar-refractivity contribution in [3.05, 3.63) is 36.0 Å². The van der Waals surface area contributed by atoms with E-state index in [1.165, 1.54) is 43.4 Å². The lowest BCUT2D eigenvalue weighted by molar-refractivity contribution is -0.151. The Hall–Kier alpha value is -2.97. The van der Waals surface area contributed by atoms with E-state index in [1.807, 2.05) is 26.8 Å². The van der Waals surface area contributed by atoms with Crippen molar-refractivity contribution in [2.75, 3.05) is 45.9 Å². The predicted molar refractivity (Wildman–Crippen MR) is 191 cm³/mol. The summed E-state index contributed by atoms with van der Waals surface area (Å²) in [5, 5.41) is 41.5. The number of nitrogens with zero attached hydrogens (tertiary/aromatic N) is 3. The van der Waals surface area contributed by atoms with Gasteiger partial charge in [-0.3, -0.25) is 9.69 Å². The van der Waals surface area contributed by atoms with E-state index in [0.717, 1.165) is 18.7 Å². The van der Waals surface area contributed by atoms with Crippen LogP contribution in [0.5, 0.6) is 0 Å². The molecule has 3 heterocycles. The van der Waals surface area contributed by atoms with Crippen LogP contribution in [-0.2, 0) is 19.0 Å². The summed E-state index contributed by atoms with van der Waals surface area (Å²) in [5.74, 6) is -1.09. The maximum absolute atomic E-state index is 13.4. The van der Waals surface area contributed by atoms with E-state index in [2.05, 4.69) is 4.90 Å². The number of allylic oxidation sites excluding steroid dienone is 2. The maximum atomic E-state index is 13.4. The highest BCUT2D eigenvalue weighted by Crippen LogP contribution is 2.28. The summed E-state index contributed by atoms with van der Waals surface area (Å²) in [4.78, 5) is 44.1. The molecule has 2 amide bonds. The number of likely N-dealkylation sites (tertiary alicyclic amines) is 1. The highest BCUT2D eigenvalue weighted by atomic mass is 16.6. The molecule has 3 fully saturated rings. The number of rotatable bonds is 7. The van der Waals surface area contributed by atoms with Gasteiger partial charge in [0, 0.05) is 44.1 Å². The number of cyclic esters (lactones) is 1. The molecule has 288 valence electrons. The Bertz CT molecular complexity index is 1230. The molecule has 4 N–H and O–H groups in total. The summed E-state index contributed by atoms with van der Waals surface area (Å²) < 4.78 is 17.2. The lowest BCUT2D eigenvalue weighted by Crippen LogP contribution is -2.53. The maximum Gasteiger partial charge on any atom is 0.410 e. The van der Waals surface area contributed by atoms with Gasteiger partial charge < -0.3 is 44.4 Å². The molecule has 2 saturated heterocycles. The van der Waals surface area contributed by atoms with Gasteiger partial charge in [-0.1, -0.05) is 63.8 Å². The first-order valence-electron chi connectivity index (χ1n) is 18.8. The van der Waals surface area contributed by atoms with Gasteiger partial charge in [0.05, 0.1) is 44.4 Å². The van der Waals surface area contributed by atoms with Crippen LogP contribution in [0.3, 0.4) is 0 Å². The Morgan fingerprint density at radius 3 is 2.27 bits per heavy atom. The number of aliphatic hydroxyl groups is 4. The average molecular weight is 720 g/mol. The molecule has 1 aliphatic carbocycles. The van der Waals surface area contributed by atoms with Crippen LogP contribution in [0.25, 0.3) is 0 Å². The van der Waals surface area contributed by atoms with E-state index in [9.17, 15) is 34.8 Å². The Kier molecular flexibility index (Phi) is 15.4. The Morgan fingerprint density at radius 2 is 1.63 bits per heavy atom. The molecule has 0 radical (unpaired) electrons. The minimum absolute atomic E-state index is 0.0221. The quantitative estimate of drug-likeness (QED) is 0.0999. The predicted octanol–water partition coefficient (Wildman–Crippen LogP) is 3.54. The van der Waals surface area contributed by atoms with Gasteiger partial charge >= 0.3 is 18.2 Å². The number of carbonyl (C=O) groups is 3. The van der Waals surface area contributed by atoms with Crippen LogP contribution in [-0.4, -0.2) is 141 Å². The summed E-state index contributed by atoms with van der Waals surface area (Å²) in [6, 6.07) is 0.574. The monoisotopic (exact) mass is 719 g/mol. The van der Waals surface area contributed by atoms with Crippen molar-refractivity contribution in [2.24, 2.45) is 11.8 Å². The van der Waals surface area contributed by atoms with Crippen LogP contribution in [0, 0.1) is 11.8 Å². The van der Waals surface area contributed by atoms with Crippen LogP contribution < -0.4 is 0 Å². The summed E-state index contributed by atoms with van der Waals surface area (Å²) in [7, 11) is 0. The summed E-state index contributed by atoms with van der Waals surface area (Å²) in [6.07, 6.45) is 10.6. The van der Waals surface area contributed by atoms with Gasteiger partial charge in [0.25, 0.3) is 0 Å². The number of hydrogen-bond acceptors (Lipinski definition) is 11. The SMILES string of the molecule is C/C(=C\C=C\[C@@H](C)COC(=O)N1C[C@@H](O)[C@@H](O)C1)[C@H]1OC(=O)C[C@@H](O)CC[C@](C)(O)[C@H](OC(=O)N2CCN(C3CCCCCC3)CC2)/C=C/[C@@H]1C. The zero-order chi connectivity index (χ0) is 37.1. The highest BCUT2D eigenvalue weighted by molar-refractivity contribution is 5.70. The average Bonchev–Trinajstić information content (AvgIpc) is 3.25. The van der Waals surface area contributed by atoms with Gasteiger partial charge in [0.2, 0.25) is 0 Å². The van der Waals surface area contributed by atoms with Crippen molar-refractivity contribution in [3.63, 3.8) is 0 Å². The second-order valence-electron chi connectivity index (χ2n) is 15.3. The van der Waals surface area contributed by atoms with Crippen molar-refractivity contribution >= 4 is 18.2 Å². The summed E-state index contributed by atoms with van der Waals surface area (Å²) in [5.41, 5.74) is -0.769. The largest absolute Gasteiger partial charge is 0.457 e. The fourth-order valence-corrected chi connectivity index (χ4v) is 7.29. The fourth-order valence-electron chi connectivity index (χ4n) is 7.29. The molecule has 0 spiro atoms. The van der Waals surface area contributed by atoms with Crippen LogP contribution >= 0.6 is 0 Å². The number of hydrogen-bond donors (Lipinski definition) is 4. The van der Waals surface area contributed by atoms with Gasteiger partial charge in [-0.25, -0.2) is 9.59 Å². The minimum atomic E-state index is -1.49. The Balaban J connectivity index is 1.39. The molecule has 1 saturated carbocycles. The normalized spacial score (nSPS) is 33.9. The molecule has 51 heavy (non-hydrogen) atoms. The zero-order valence-corrected chi connectivity index (χ0v) is 30.9. The molecular weight excluding hydrogens is 658 g/mol. The number of ether oxygens (including phenoxy) is 3. The molecule has 0 unspecified atom stereocenters. The van der Waals surface area contributed by atoms with Gasteiger partial charge in [-0.05, 0) is 51.2 Å².